The van der Waals surface area contributed by atoms with Gasteiger partial charge in [-0.25, -0.2) is 9.13 Å². The maximum absolute atomic E-state index is 13.0. The van der Waals surface area contributed by atoms with Gasteiger partial charge in [-0.05, 0) is 31.6 Å². The molecule has 0 saturated carbocycles. The van der Waals surface area contributed by atoms with E-state index in [4.69, 9.17) is 37.0 Å². The van der Waals surface area contributed by atoms with Crippen LogP contribution in [0.4, 0.5) is 0 Å². The van der Waals surface area contributed by atoms with Gasteiger partial charge in [0, 0.05) is 25.7 Å². The van der Waals surface area contributed by atoms with Gasteiger partial charge in [-0.1, -0.05) is 285 Å². The quantitative estimate of drug-likeness (QED) is 0.0222. The fraction of sp³-hybridized carbons (Fsp3) is 0.939. The van der Waals surface area contributed by atoms with E-state index in [-0.39, 0.29) is 25.7 Å². The van der Waals surface area contributed by atoms with Gasteiger partial charge in [0.25, 0.3) is 0 Å². The van der Waals surface area contributed by atoms with Gasteiger partial charge in [-0.2, -0.15) is 0 Å². The summed E-state index contributed by atoms with van der Waals surface area (Å²) in [7, 11) is -9.89. The van der Waals surface area contributed by atoms with Crippen LogP contribution < -0.4 is 0 Å². The lowest BCUT2D eigenvalue weighted by molar-refractivity contribution is -0.161. The zero-order valence-electron chi connectivity index (χ0n) is 54.7. The molecule has 0 radical (unpaired) electrons. The Labute approximate surface area is 517 Å². The predicted octanol–water partition coefficient (Wildman–Crippen LogP) is 18.6. The van der Waals surface area contributed by atoms with Crippen LogP contribution >= 0.6 is 15.6 Å². The molecular formula is C66H128O17P2. The van der Waals surface area contributed by atoms with Crippen molar-refractivity contribution in [3.8, 4) is 0 Å². The second-order valence-electron chi connectivity index (χ2n) is 24.3. The molecule has 0 heterocycles. The summed E-state index contributed by atoms with van der Waals surface area (Å²) < 4.78 is 68.0. The fourth-order valence-corrected chi connectivity index (χ4v) is 11.5. The molecule has 2 unspecified atom stereocenters. The van der Waals surface area contributed by atoms with Crippen LogP contribution in [0.3, 0.4) is 0 Å². The maximum atomic E-state index is 13.0. The molecule has 17 nitrogen and oxygen atoms in total. The van der Waals surface area contributed by atoms with E-state index in [0.29, 0.717) is 25.7 Å². The standard InChI is InChI=1S/C66H128O17P2/c1-6-9-12-15-18-20-22-23-24-26-32-37-42-47-52-66(71)83-62(56-77-64(69)50-45-40-35-30-28-27-29-34-38-43-48-59(4)5)58-81-85(74,75)79-54-60(67)53-78-84(72,73)80-57-61(55-76-63(68)49-44-39-33-17-14-11-8-3)82-65(70)51-46-41-36-31-25-21-19-16-13-10-7-2/h59-62,67H,6-58H2,1-5H3,(H,72,73)(H,74,75)/t60-,61+,62+/m0/s1. The Morgan fingerprint density at radius 2 is 0.541 bits per heavy atom. The molecule has 19 heteroatoms. The number of ether oxygens (including phenoxy) is 4. The van der Waals surface area contributed by atoms with E-state index < -0.39 is 97.5 Å². The number of hydrogen-bond donors (Lipinski definition) is 3. The van der Waals surface area contributed by atoms with Crippen LogP contribution in [0.15, 0.2) is 0 Å². The van der Waals surface area contributed by atoms with Crippen molar-refractivity contribution in [2.75, 3.05) is 39.6 Å². The highest BCUT2D eigenvalue weighted by atomic mass is 31.2. The molecule has 85 heavy (non-hydrogen) atoms. The number of phosphoric acid groups is 2. The van der Waals surface area contributed by atoms with Crippen molar-refractivity contribution in [3.63, 3.8) is 0 Å². The SMILES string of the molecule is CCCCCCCCCCCCCCCCC(=O)O[C@H](COC(=O)CCCCCCCCCCCCC(C)C)COP(=O)(O)OC[C@@H](O)COP(=O)(O)OC[C@@H](COC(=O)CCCCCCCCC)OC(=O)CCCCCCCCCCCCC. The molecule has 0 aliphatic heterocycles. The molecule has 0 aromatic carbocycles. The molecule has 0 rings (SSSR count). The number of unbranched alkanes of at least 4 members (excludes halogenated alkanes) is 38. The molecular weight excluding hydrogens is 1130 g/mol. The summed E-state index contributed by atoms with van der Waals surface area (Å²) in [6.07, 6.45) is 44.4. The summed E-state index contributed by atoms with van der Waals surface area (Å²) in [6.45, 7) is 7.17. The average Bonchev–Trinajstić information content (AvgIpc) is 3.52. The van der Waals surface area contributed by atoms with Gasteiger partial charge < -0.3 is 33.8 Å². The van der Waals surface area contributed by atoms with E-state index in [1.165, 1.54) is 148 Å². The number of esters is 4. The first kappa shape index (κ1) is 83.1. The lowest BCUT2D eigenvalue weighted by Crippen LogP contribution is -2.30. The third kappa shape index (κ3) is 60.7. The van der Waals surface area contributed by atoms with Crippen LogP contribution in [0.25, 0.3) is 0 Å². The Balaban J connectivity index is 5.21. The minimum absolute atomic E-state index is 0.107. The number of carbonyl (C=O) groups is 4. The largest absolute Gasteiger partial charge is 0.472 e. The fourth-order valence-electron chi connectivity index (χ4n) is 9.94. The Morgan fingerprint density at radius 1 is 0.318 bits per heavy atom. The molecule has 0 amide bonds. The van der Waals surface area contributed by atoms with Crippen molar-refractivity contribution in [1.82, 2.24) is 0 Å². The molecule has 0 fully saturated rings. The molecule has 0 bridgehead atoms. The van der Waals surface area contributed by atoms with E-state index in [0.717, 1.165) is 109 Å². The minimum atomic E-state index is -4.95. The normalized spacial score (nSPS) is 14.2. The number of aliphatic hydroxyl groups excluding tert-OH is 1. The second-order valence-corrected chi connectivity index (χ2v) is 27.2. The van der Waals surface area contributed by atoms with Gasteiger partial charge in [-0.3, -0.25) is 37.3 Å². The average molecular weight is 1260 g/mol. The Hall–Kier alpha value is -1.94. The smallest absolute Gasteiger partial charge is 0.462 e. The maximum Gasteiger partial charge on any atom is 0.472 e. The molecule has 5 atom stereocenters. The van der Waals surface area contributed by atoms with E-state index in [9.17, 15) is 43.2 Å². The third-order valence-electron chi connectivity index (χ3n) is 15.3. The summed E-state index contributed by atoms with van der Waals surface area (Å²) >= 11 is 0. The summed E-state index contributed by atoms with van der Waals surface area (Å²) in [5, 5.41) is 10.5. The number of hydrogen-bond acceptors (Lipinski definition) is 15. The molecule has 504 valence electrons. The van der Waals surface area contributed by atoms with Crippen LogP contribution in [-0.2, 0) is 65.4 Å². The summed E-state index contributed by atoms with van der Waals surface area (Å²) in [5.41, 5.74) is 0. The molecule has 0 aromatic rings. The van der Waals surface area contributed by atoms with Crippen LogP contribution in [0.5, 0.6) is 0 Å². The van der Waals surface area contributed by atoms with Crippen LogP contribution in [0, 0.1) is 5.92 Å². The molecule has 0 aromatic heterocycles. The Bertz CT molecular complexity index is 1650. The van der Waals surface area contributed by atoms with Crippen molar-refractivity contribution in [1.29, 1.82) is 0 Å². The Kier molecular flexibility index (Phi) is 58.3. The molecule has 0 aliphatic rings. The first-order valence-corrected chi connectivity index (χ1v) is 37.6. The molecule has 0 spiro atoms. The van der Waals surface area contributed by atoms with Crippen molar-refractivity contribution >= 4 is 39.5 Å². The first-order chi connectivity index (χ1) is 41.0. The first-order valence-electron chi connectivity index (χ1n) is 34.6. The number of phosphoric ester groups is 2. The highest BCUT2D eigenvalue weighted by Gasteiger charge is 2.30. The Morgan fingerprint density at radius 3 is 0.800 bits per heavy atom. The van der Waals surface area contributed by atoms with E-state index in [1.54, 1.807) is 0 Å². The van der Waals surface area contributed by atoms with Crippen molar-refractivity contribution in [2.45, 2.75) is 355 Å². The topological polar surface area (TPSA) is 237 Å². The van der Waals surface area contributed by atoms with E-state index >= 15 is 0 Å². The second kappa shape index (κ2) is 59.7. The van der Waals surface area contributed by atoms with Crippen LogP contribution in [0.1, 0.15) is 336 Å². The van der Waals surface area contributed by atoms with Gasteiger partial charge in [0.05, 0.1) is 26.4 Å². The van der Waals surface area contributed by atoms with Gasteiger partial charge in [0.15, 0.2) is 12.2 Å². The summed E-state index contributed by atoms with van der Waals surface area (Å²) in [4.78, 5) is 72.2. The molecule has 0 saturated heterocycles. The number of carbonyl (C=O) groups excluding carboxylic acids is 4. The van der Waals surface area contributed by atoms with Gasteiger partial charge in [0.1, 0.15) is 19.3 Å². The van der Waals surface area contributed by atoms with Crippen molar-refractivity contribution in [2.24, 2.45) is 5.92 Å². The van der Waals surface area contributed by atoms with Gasteiger partial charge in [0.2, 0.25) is 0 Å². The number of aliphatic hydroxyl groups is 1. The monoisotopic (exact) mass is 1250 g/mol. The lowest BCUT2D eigenvalue weighted by Gasteiger charge is -2.21. The zero-order valence-corrected chi connectivity index (χ0v) is 56.5. The van der Waals surface area contributed by atoms with E-state index in [1.807, 2.05) is 0 Å². The van der Waals surface area contributed by atoms with Gasteiger partial charge in [-0.15, -0.1) is 0 Å². The number of rotatable bonds is 66. The van der Waals surface area contributed by atoms with E-state index in [2.05, 4.69) is 34.6 Å². The lowest BCUT2D eigenvalue weighted by atomic mass is 10.0. The predicted molar refractivity (Wildman–Crippen MR) is 340 cm³/mol. The summed E-state index contributed by atoms with van der Waals surface area (Å²) in [5.74, 6) is -1.37. The summed E-state index contributed by atoms with van der Waals surface area (Å²) in [6, 6.07) is 0. The van der Waals surface area contributed by atoms with Crippen molar-refractivity contribution in [3.05, 3.63) is 0 Å². The highest BCUT2D eigenvalue weighted by molar-refractivity contribution is 7.47. The van der Waals surface area contributed by atoms with Gasteiger partial charge >= 0.3 is 39.5 Å². The third-order valence-corrected chi connectivity index (χ3v) is 17.2. The van der Waals surface area contributed by atoms with Crippen LogP contribution in [-0.4, -0.2) is 96.7 Å². The molecule has 0 aliphatic carbocycles. The van der Waals surface area contributed by atoms with Crippen LogP contribution in [0.2, 0.25) is 0 Å². The minimum Gasteiger partial charge on any atom is -0.462 e. The molecule has 3 N–H and O–H groups in total. The zero-order chi connectivity index (χ0) is 62.8. The van der Waals surface area contributed by atoms with Crippen molar-refractivity contribution < 1.29 is 80.2 Å². The highest BCUT2D eigenvalue weighted by Crippen LogP contribution is 2.45.